The van der Waals surface area contributed by atoms with Gasteiger partial charge in [-0.05, 0) is 31.2 Å². The molecule has 132 valence electrons. The fourth-order valence-corrected chi connectivity index (χ4v) is 3.43. The van der Waals surface area contributed by atoms with Crippen molar-refractivity contribution in [2.24, 2.45) is 0 Å². The molecule has 3 heterocycles. The molecular weight excluding hydrogens is 338 g/mol. The Morgan fingerprint density at radius 1 is 1.24 bits per heavy atom. The summed E-state index contributed by atoms with van der Waals surface area (Å²) < 4.78 is 11.1. The Morgan fingerprint density at radius 3 is 2.88 bits per heavy atom. The second kappa shape index (κ2) is 7.45. The van der Waals surface area contributed by atoms with Crippen LogP contribution < -0.4 is 10.2 Å². The molecule has 25 heavy (non-hydrogen) atoms. The van der Waals surface area contributed by atoms with Crippen LogP contribution in [0.5, 0.6) is 0 Å². The van der Waals surface area contributed by atoms with Crippen LogP contribution in [-0.4, -0.2) is 40.5 Å². The van der Waals surface area contributed by atoms with Gasteiger partial charge in [-0.25, -0.2) is 0 Å². The topological polar surface area (TPSA) is 80.2 Å². The number of hydrogen-bond donors (Lipinski definition) is 1. The zero-order valence-electron chi connectivity index (χ0n) is 14.1. The highest BCUT2D eigenvalue weighted by Gasteiger charge is 2.22. The molecule has 7 nitrogen and oxygen atoms in total. The normalized spacial score (nSPS) is 16.0. The standard InChI is InChI=1S/C17H21N5O2S/c1-25-11-15-20-16(24-21-15)10-18-12-6-8-22(9-7-12)17-19-13-4-2-3-5-14(13)23-17/h2-5,12,18H,6-11H2,1H3. The molecule has 1 fully saturated rings. The second-order valence-corrected chi connectivity index (χ2v) is 7.01. The van der Waals surface area contributed by atoms with Crippen molar-refractivity contribution in [3.63, 3.8) is 0 Å². The molecular formula is C17H21N5O2S. The van der Waals surface area contributed by atoms with E-state index in [-0.39, 0.29) is 0 Å². The zero-order valence-corrected chi connectivity index (χ0v) is 15.0. The van der Waals surface area contributed by atoms with Crippen LogP contribution in [-0.2, 0) is 12.3 Å². The molecule has 2 aromatic heterocycles. The smallest absolute Gasteiger partial charge is 0.298 e. The van der Waals surface area contributed by atoms with Crippen molar-refractivity contribution in [2.45, 2.75) is 31.2 Å². The van der Waals surface area contributed by atoms with Crippen LogP contribution in [0.3, 0.4) is 0 Å². The summed E-state index contributed by atoms with van der Waals surface area (Å²) in [6, 6.07) is 9.04. The van der Waals surface area contributed by atoms with E-state index in [4.69, 9.17) is 8.94 Å². The molecule has 0 amide bonds. The van der Waals surface area contributed by atoms with E-state index < -0.39 is 0 Å². The Balaban J connectivity index is 1.29. The van der Waals surface area contributed by atoms with E-state index in [2.05, 4.69) is 25.3 Å². The molecule has 0 saturated carbocycles. The number of benzene rings is 1. The molecule has 1 N–H and O–H groups in total. The Hall–Kier alpha value is -2.06. The van der Waals surface area contributed by atoms with Gasteiger partial charge in [0.1, 0.15) is 5.52 Å². The summed E-state index contributed by atoms with van der Waals surface area (Å²) in [7, 11) is 0. The summed E-state index contributed by atoms with van der Waals surface area (Å²) >= 11 is 1.69. The molecule has 0 radical (unpaired) electrons. The number of rotatable bonds is 6. The maximum atomic E-state index is 5.86. The van der Waals surface area contributed by atoms with E-state index >= 15 is 0 Å². The van der Waals surface area contributed by atoms with Gasteiger partial charge in [-0.15, -0.1) is 0 Å². The van der Waals surface area contributed by atoms with Gasteiger partial charge in [-0.1, -0.05) is 17.3 Å². The number of hydrogen-bond acceptors (Lipinski definition) is 8. The molecule has 0 aliphatic carbocycles. The maximum Gasteiger partial charge on any atom is 0.298 e. The average molecular weight is 359 g/mol. The second-order valence-electron chi connectivity index (χ2n) is 6.14. The first-order valence-corrected chi connectivity index (χ1v) is 9.85. The molecule has 8 heteroatoms. The van der Waals surface area contributed by atoms with Crippen molar-refractivity contribution in [3.05, 3.63) is 36.0 Å². The first kappa shape index (κ1) is 16.4. The van der Waals surface area contributed by atoms with E-state index in [9.17, 15) is 0 Å². The van der Waals surface area contributed by atoms with E-state index in [0.29, 0.717) is 18.5 Å². The van der Waals surface area contributed by atoms with Gasteiger partial charge in [0.05, 0.1) is 12.3 Å². The van der Waals surface area contributed by atoms with Gasteiger partial charge in [0.15, 0.2) is 11.4 Å². The molecule has 0 atom stereocenters. The Morgan fingerprint density at radius 2 is 2.08 bits per heavy atom. The van der Waals surface area contributed by atoms with Crippen LogP contribution in [0.15, 0.2) is 33.2 Å². The first-order chi connectivity index (χ1) is 12.3. The van der Waals surface area contributed by atoms with Crippen LogP contribution >= 0.6 is 11.8 Å². The third-order valence-corrected chi connectivity index (χ3v) is 4.92. The minimum atomic E-state index is 0.441. The molecule has 4 rings (SSSR count). The lowest BCUT2D eigenvalue weighted by molar-refractivity contribution is 0.337. The number of fused-ring (bicyclic) bond motifs is 1. The summed E-state index contributed by atoms with van der Waals surface area (Å²) in [5, 5.41) is 7.48. The number of nitrogens with one attached hydrogen (secondary N) is 1. The quantitative estimate of drug-likeness (QED) is 0.720. The first-order valence-electron chi connectivity index (χ1n) is 8.46. The largest absolute Gasteiger partial charge is 0.423 e. The van der Waals surface area contributed by atoms with Gasteiger partial charge in [-0.3, -0.25) is 0 Å². The van der Waals surface area contributed by atoms with Crippen LogP contribution in [0.2, 0.25) is 0 Å². The van der Waals surface area contributed by atoms with Crippen molar-refractivity contribution >= 4 is 28.9 Å². The molecule has 1 aromatic carbocycles. The van der Waals surface area contributed by atoms with Crippen molar-refractivity contribution in [2.75, 3.05) is 24.2 Å². The van der Waals surface area contributed by atoms with Crippen LogP contribution in [0.4, 0.5) is 6.01 Å². The van der Waals surface area contributed by atoms with Crippen LogP contribution in [0, 0.1) is 0 Å². The fourth-order valence-electron chi connectivity index (χ4n) is 3.05. The van der Waals surface area contributed by atoms with Gasteiger partial charge in [0.2, 0.25) is 5.89 Å². The van der Waals surface area contributed by atoms with Crippen LogP contribution in [0.1, 0.15) is 24.6 Å². The van der Waals surface area contributed by atoms with E-state index in [1.807, 2.05) is 30.5 Å². The number of nitrogens with zero attached hydrogens (tertiary/aromatic N) is 4. The van der Waals surface area contributed by atoms with Crippen LogP contribution in [0.25, 0.3) is 11.1 Å². The Bertz CT molecular complexity index is 792. The highest BCUT2D eigenvalue weighted by molar-refractivity contribution is 7.97. The van der Waals surface area contributed by atoms with Crippen molar-refractivity contribution in [1.29, 1.82) is 0 Å². The lowest BCUT2D eigenvalue weighted by Crippen LogP contribution is -2.42. The Kier molecular flexibility index (Phi) is 4.89. The highest BCUT2D eigenvalue weighted by atomic mass is 32.2. The van der Waals surface area contributed by atoms with Gasteiger partial charge in [-0.2, -0.15) is 21.7 Å². The summed E-state index contributed by atoms with van der Waals surface area (Å²) in [5.41, 5.74) is 1.75. The summed E-state index contributed by atoms with van der Waals surface area (Å²) in [6.07, 6.45) is 4.09. The average Bonchev–Trinajstić information content (AvgIpc) is 3.27. The number of oxazole rings is 1. The monoisotopic (exact) mass is 359 g/mol. The minimum Gasteiger partial charge on any atom is -0.423 e. The van der Waals surface area contributed by atoms with Gasteiger partial charge in [0, 0.05) is 19.1 Å². The molecule has 0 spiro atoms. The van der Waals surface area contributed by atoms with Crippen molar-refractivity contribution in [3.8, 4) is 0 Å². The molecule has 3 aromatic rings. The predicted octanol–water partition coefficient (Wildman–Crippen LogP) is 2.83. The predicted molar refractivity (Wildman–Crippen MR) is 97.6 cm³/mol. The SMILES string of the molecule is CSCc1noc(CNC2CCN(c3nc4ccccc4o3)CC2)n1. The zero-order chi connectivity index (χ0) is 17.1. The maximum absolute atomic E-state index is 5.86. The van der Waals surface area contributed by atoms with Crippen molar-refractivity contribution < 1.29 is 8.94 Å². The molecule has 1 aliphatic heterocycles. The fraction of sp³-hybridized carbons (Fsp3) is 0.471. The Labute approximate surface area is 150 Å². The third-order valence-electron chi connectivity index (χ3n) is 4.37. The highest BCUT2D eigenvalue weighted by Crippen LogP contribution is 2.24. The molecule has 0 bridgehead atoms. The van der Waals surface area contributed by atoms with E-state index in [0.717, 1.165) is 54.6 Å². The van der Waals surface area contributed by atoms with E-state index in [1.54, 1.807) is 11.8 Å². The summed E-state index contributed by atoms with van der Waals surface area (Å²) in [6.45, 7) is 2.47. The molecule has 1 aliphatic rings. The van der Waals surface area contributed by atoms with Crippen molar-refractivity contribution in [1.82, 2.24) is 20.4 Å². The molecule has 0 unspecified atom stereocenters. The summed E-state index contributed by atoms with van der Waals surface area (Å²) in [4.78, 5) is 11.2. The minimum absolute atomic E-state index is 0.441. The lowest BCUT2D eigenvalue weighted by Gasteiger charge is -2.31. The lowest BCUT2D eigenvalue weighted by atomic mass is 10.1. The summed E-state index contributed by atoms with van der Waals surface area (Å²) in [5.74, 6) is 2.20. The third kappa shape index (κ3) is 3.80. The van der Waals surface area contributed by atoms with Gasteiger partial charge < -0.3 is 19.2 Å². The molecule has 1 saturated heterocycles. The number of para-hydroxylation sites is 2. The van der Waals surface area contributed by atoms with Gasteiger partial charge in [0.25, 0.3) is 6.01 Å². The number of anilines is 1. The number of piperidine rings is 1. The van der Waals surface area contributed by atoms with Gasteiger partial charge >= 0.3 is 0 Å². The number of aromatic nitrogens is 3. The van der Waals surface area contributed by atoms with E-state index in [1.165, 1.54) is 0 Å². The number of thioether (sulfide) groups is 1.